The van der Waals surface area contributed by atoms with E-state index >= 15 is 0 Å². The zero-order valence-corrected chi connectivity index (χ0v) is 13.8. The Kier molecular flexibility index (Phi) is 6.28. The van der Waals surface area contributed by atoms with Gasteiger partial charge in [0.2, 0.25) is 0 Å². The van der Waals surface area contributed by atoms with Crippen molar-refractivity contribution in [3.8, 4) is 5.75 Å². The molecule has 0 radical (unpaired) electrons. The number of rotatable bonds is 8. The Morgan fingerprint density at radius 3 is 2.27 bits per heavy atom. The van der Waals surface area contributed by atoms with Crippen LogP contribution in [-0.4, -0.2) is 38.7 Å². The molecule has 0 fully saturated rings. The Bertz CT molecular complexity index is 554. The summed E-state index contributed by atoms with van der Waals surface area (Å²) >= 11 is 0. The second-order valence-electron chi connectivity index (χ2n) is 5.61. The van der Waals surface area contributed by atoms with E-state index < -0.39 is 0 Å². The fraction of sp³-hybridized carbons (Fsp3) is 0.368. The molecule has 0 aliphatic rings. The number of hydrogen-bond donors (Lipinski definition) is 0. The summed E-state index contributed by atoms with van der Waals surface area (Å²) in [7, 11) is 4.12. The van der Waals surface area contributed by atoms with Crippen LogP contribution in [-0.2, 0) is 6.54 Å². The van der Waals surface area contributed by atoms with E-state index in [2.05, 4.69) is 79.3 Å². The summed E-state index contributed by atoms with van der Waals surface area (Å²) in [6.07, 6.45) is 0. The van der Waals surface area contributed by atoms with Crippen molar-refractivity contribution in [2.45, 2.75) is 13.5 Å². The average Bonchev–Trinajstić information content (AvgIpc) is 2.54. The molecule has 0 amide bonds. The summed E-state index contributed by atoms with van der Waals surface area (Å²) in [6.45, 7) is 5.64. The lowest BCUT2D eigenvalue weighted by atomic mass is 10.1. The third kappa shape index (κ3) is 4.78. The lowest BCUT2D eigenvalue weighted by Gasteiger charge is -2.24. The van der Waals surface area contributed by atoms with Crippen molar-refractivity contribution in [2.24, 2.45) is 0 Å². The van der Waals surface area contributed by atoms with Crippen LogP contribution >= 0.6 is 0 Å². The van der Waals surface area contributed by atoms with Crippen LogP contribution in [0.25, 0.3) is 0 Å². The summed E-state index contributed by atoms with van der Waals surface area (Å²) in [5, 5.41) is 0. The number of para-hydroxylation sites is 2. The Morgan fingerprint density at radius 2 is 1.59 bits per heavy atom. The molecule has 0 bridgehead atoms. The number of likely N-dealkylation sites (N-methyl/N-ethyl adjacent to an activating group) is 1. The molecule has 0 saturated heterocycles. The van der Waals surface area contributed by atoms with Gasteiger partial charge in [-0.2, -0.15) is 0 Å². The van der Waals surface area contributed by atoms with Gasteiger partial charge in [0.05, 0.1) is 0 Å². The SMILES string of the molecule is CCN(Cc1ccccc1OCCN(C)C)c1ccccc1. The minimum absolute atomic E-state index is 0.710. The molecule has 0 saturated carbocycles. The standard InChI is InChI=1S/C19H26N2O/c1-4-21(18-11-6-5-7-12-18)16-17-10-8-9-13-19(17)22-15-14-20(2)3/h5-13H,4,14-16H2,1-3H3. The minimum atomic E-state index is 0.710. The van der Waals surface area contributed by atoms with E-state index in [1.807, 2.05) is 6.07 Å². The molecule has 0 aliphatic heterocycles. The molecule has 2 aromatic rings. The molecule has 0 spiro atoms. The molecule has 2 rings (SSSR count). The Morgan fingerprint density at radius 1 is 0.909 bits per heavy atom. The van der Waals surface area contributed by atoms with Gasteiger partial charge >= 0.3 is 0 Å². The van der Waals surface area contributed by atoms with E-state index in [1.165, 1.54) is 11.3 Å². The van der Waals surface area contributed by atoms with Crippen molar-refractivity contribution in [2.75, 3.05) is 38.7 Å². The topological polar surface area (TPSA) is 15.7 Å². The predicted molar refractivity (Wildman–Crippen MR) is 93.7 cm³/mol. The molecule has 3 heteroatoms. The van der Waals surface area contributed by atoms with E-state index in [1.54, 1.807) is 0 Å². The van der Waals surface area contributed by atoms with Crippen molar-refractivity contribution in [1.82, 2.24) is 4.90 Å². The average molecular weight is 298 g/mol. The van der Waals surface area contributed by atoms with E-state index in [-0.39, 0.29) is 0 Å². The number of hydrogen-bond acceptors (Lipinski definition) is 3. The van der Waals surface area contributed by atoms with Gasteiger partial charge in [-0.25, -0.2) is 0 Å². The summed E-state index contributed by atoms with van der Waals surface area (Å²) in [6, 6.07) is 18.8. The molecule has 0 N–H and O–H groups in total. The van der Waals surface area contributed by atoms with E-state index in [4.69, 9.17) is 4.74 Å². The van der Waals surface area contributed by atoms with Crippen LogP contribution in [0, 0.1) is 0 Å². The highest BCUT2D eigenvalue weighted by Gasteiger charge is 2.09. The van der Waals surface area contributed by atoms with Crippen LogP contribution in [0.5, 0.6) is 5.75 Å². The predicted octanol–water partition coefficient (Wildman–Crippen LogP) is 3.65. The quantitative estimate of drug-likeness (QED) is 0.740. The van der Waals surface area contributed by atoms with Gasteiger partial charge in [-0.05, 0) is 39.2 Å². The number of anilines is 1. The maximum absolute atomic E-state index is 5.96. The highest BCUT2D eigenvalue weighted by atomic mass is 16.5. The van der Waals surface area contributed by atoms with Crippen molar-refractivity contribution in [3.05, 3.63) is 60.2 Å². The number of benzene rings is 2. The van der Waals surface area contributed by atoms with Crippen LogP contribution in [0.3, 0.4) is 0 Å². The second-order valence-corrected chi connectivity index (χ2v) is 5.61. The molecule has 0 atom stereocenters. The molecular formula is C19H26N2O. The zero-order chi connectivity index (χ0) is 15.8. The molecule has 0 unspecified atom stereocenters. The highest BCUT2D eigenvalue weighted by molar-refractivity contribution is 5.48. The molecule has 3 nitrogen and oxygen atoms in total. The van der Waals surface area contributed by atoms with Crippen LogP contribution in [0.2, 0.25) is 0 Å². The van der Waals surface area contributed by atoms with Crippen molar-refractivity contribution in [3.63, 3.8) is 0 Å². The number of nitrogens with zero attached hydrogens (tertiary/aromatic N) is 2. The summed E-state index contributed by atoms with van der Waals surface area (Å²) in [5.74, 6) is 0.985. The fourth-order valence-corrected chi connectivity index (χ4v) is 2.34. The maximum atomic E-state index is 5.96. The molecule has 0 heterocycles. The van der Waals surface area contributed by atoms with E-state index in [0.29, 0.717) is 6.61 Å². The van der Waals surface area contributed by atoms with E-state index in [9.17, 15) is 0 Å². The first-order valence-corrected chi connectivity index (χ1v) is 7.86. The smallest absolute Gasteiger partial charge is 0.124 e. The summed E-state index contributed by atoms with van der Waals surface area (Å²) < 4.78 is 5.96. The fourth-order valence-electron chi connectivity index (χ4n) is 2.34. The monoisotopic (exact) mass is 298 g/mol. The van der Waals surface area contributed by atoms with Gasteiger partial charge in [0.1, 0.15) is 12.4 Å². The lowest BCUT2D eigenvalue weighted by molar-refractivity contribution is 0.259. The molecule has 2 aromatic carbocycles. The first kappa shape index (κ1) is 16.4. The normalized spacial score (nSPS) is 10.7. The first-order chi connectivity index (χ1) is 10.7. The summed E-state index contributed by atoms with van der Waals surface area (Å²) in [4.78, 5) is 4.49. The largest absolute Gasteiger partial charge is 0.492 e. The Labute approximate surface area is 134 Å². The van der Waals surface area contributed by atoms with Crippen LogP contribution in [0.1, 0.15) is 12.5 Å². The summed E-state index contributed by atoms with van der Waals surface area (Å²) in [5.41, 5.74) is 2.47. The van der Waals surface area contributed by atoms with E-state index in [0.717, 1.165) is 25.4 Å². The van der Waals surface area contributed by atoms with Gasteiger partial charge in [0.25, 0.3) is 0 Å². The minimum Gasteiger partial charge on any atom is -0.492 e. The second kappa shape index (κ2) is 8.44. The third-order valence-corrected chi connectivity index (χ3v) is 3.63. The maximum Gasteiger partial charge on any atom is 0.124 e. The first-order valence-electron chi connectivity index (χ1n) is 7.86. The highest BCUT2D eigenvalue weighted by Crippen LogP contribution is 2.23. The van der Waals surface area contributed by atoms with Crippen LogP contribution in [0.4, 0.5) is 5.69 Å². The third-order valence-electron chi connectivity index (χ3n) is 3.63. The van der Waals surface area contributed by atoms with Crippen molar-refractivity contribution < 1.29 is 4.74 Å². The van der Waals surface area contributed by atoms with Gasteiger partial charge in [-0.1, -0.05) is 36.4 Å². The zero-order valence-electron chi connectivity index (χ0n) is 13.8. The molecule has 0 aliphatic carbocycles. The van der Waals surface area contributed by atoms with Gasteiger partial charge in [-0.15, -0.1) is 0 Å². The molecule has 0 aromatic heterocycles. The molecule has 22 heavy (non-hydrogen) atoms. The molecule has 118 valence electrons. The number of ether oxygens (including phenoxy) is 1. The lowest BCUT2D eigenvalue weighted by Crippen LogP contribution is -2.23. The van der Waals surface area contributed by atoms with Crippen molar-refractivity contribution in [1.29, 1.82) is 0 Å². The van der Waals surface area contributed by atoms with Crippen LogP contribution in [0.15, 0.2) is 54.6 Å². The van der Waals surface area contributed by atoms with Gasteiger partial charge < -0.3 is 14.5 Å². The van der Waals surface area contributed by atoms with Crippen molar-refractivity contribution >= 4 is 5.69 Å². The Balaban J connectivity index is 2.08. The van der Waals surface area contributed by atoms with Gasteiger partial charge in [0, 0.05) is 30.9 Å². The molecular weight excluding hydrogens is 272 g/mol. The van der Waals surface area contributed by atoms with Gasteiger partial charge in [0.15, 0.2) is 0 Å². The van der Waals surface area contributed by atoms with Crippen LogP contribution < -0.4 is 9.64 Å². The van der Waals surface area contributed by atoms with Gasteiger partial charge in [-0.3, -0.25) is 0 Å². The Hall–Kier alpha value is -2.00.